The smallest absolute Gasteiger partial charge is 0.410 e. The molecule has 2 aromatic rings. The maximum atomic E-state index is 12.4. The molecule has 1 spiro atoms. The van der Waals surface area contributed by atoms with Crippen molar-refractivity contribution in [3.63, 3.8) is 0 Å². The normalized spacial score (nSPS) is 18.8. The molecule has 2 aromatic heterocycles. The number of rotatable bonds is 2. The molecule has 2 aliphatic rings. The van der Waals surface area contributed by atoms with Gasteiger partial charge >= 0.3 is 6.09 Å². The summed E-state index contributed by atoms with van der Waals surface area (Å²) in [7, 11) is 0. The van der Waals surface area contributed by atoms with Gasteiger partial charge in [0.15, 0.2) is 0 Å². The van der Waals surface area contributed by atoms with Crippen molar-refractivity contribution < 1.29 is 9.53 Å². The number of likely N-dealkylation sites (tertiary alicyclic amines) is 1. The molecule has 1 amide bonds. The van der Waals surface area contributed by atoms with Gasteiger partial charge in [0, 0.05) is 43.0 Å². The standard InChI is InChI=1S/C23H31ClN4O2/c1-15(2)17-13-26-20(18-14-25-19(24)12-16(17)18)28-11-8-23(28)6-9-27(10-7-23)21(29)30-22(3,4)5/h12-15H,6-11H2,1-5H3. The highest BCUT2D eigenvalue weighted by Crippen LogP contribution is 2.45. The topological polar surface area (TPSA) is 58.6 Å². The summed E-state index contributed by atoms with van der Waals surface area (Å²) >= 11 is 6.21. The first-order chi connectivity index (χ1) is 14.1. The van der Waals surface area contributed by atoms with E-state index in [-0.39, 0.29) is 11.6 Å². The van der Waals surface area contributed by atoms with Gasteiger partial charge in [-0.05, 0) is 63.0 Å². The second-order valence-corrected chi connectivity index (χ2v) is 10.2. The molecular formula is C23H31ClN4O2. The lowest BCUT2D eigenvalue weighted by molar-refractivity contribution is 0.0130. The number of anilines is 1. The Bertz CT molecular complexity index is 962. The average Bonchev–Trinajstić information content (AvgIpc) is 2.65. The fourth-order valence-corrected chi connectivity index (χ4v) is 4.77. The van der Waals surface area contributed by atoms with Crippen molar-refractivity contribution in [2.45, 2.75) is 70.9 Å². The highest BCUT2D eigenvalue weighted by molar-refractivity contribution is 6.30. The van der Waals surface area contributed by atoms with E-state index in [1.807, 2.05) is 44.1 Å². The Morgan fingerprint density at radius 1 is 1.10 bits per heavy atom. The van der Waals surface area contributed by atoms with Gasteiger partial charge in [0.25, 0.3) is 0 Å². The van der Waals surface area contributed by atoms with E-state index in [0.29, 0.717) is 24.2 Å². The quantitative estimate of drug-likeness (QED) is 0.598. The van der Waals surface area contributed by atoms with Crippen LogP contribution in [0.25, 0.3) is 10.8 Å². The molecule has 30 heavy (non-hydrogen) atoms. The van der Waals surface area contributed by atoms with E-state index in [1.165, 1.54) is 5.56 Å². The molecule has 4 heterocycles. The molecule has 2 aliphatic heterocycles. The zero-order chi connectivity index (χ0) is 21.7. The SMILES string of the molecule is CC(C)c1cnc(N2CCC23CCN(C(=O)OC(C)(C)C)CC3)c2cnc(Cl)cc12. The van der Waals surface area contributed by atoms with Crippen LogP contribution in [0, 0.1) is 0 Å². The number of hydrogen-bond donors (Lipinski definition) is 0. The van der Waals surface area contributed by atoms with Crippen molar-refractivity contribution in [1.29, 1.82) is 0 Å². The minimum Gasteiger partial charge on any atom is -0.444 e. The molecule has 0 atom stereocenters. The maximum Gasteiger partial charge on any atom is 0.410 e. The molecule has 162 valence electrons. The predicted octanol–water partition coefficient (Wildman–Crippen LogP) is 5.39. The summed E-state index contributed by atoms with van der Waals surface area (Å²) in [6, 6.07) is 1.95. The summed E-state index contributed by atoms with van der Waals surface area (Å²) in [6.45, 7) is 12.4. The first-order valence-corrected chi connectivity index (χ1v) is 11.2. The monoisotopic (exact) mass is 430 g/mol. The van der Waals surface area contributed by atoms with E-state index in [2.05, 4.69) is 23.7 Å². The number of amides is 1. The molecule has 0 N–H and O–H groups in total. The van der Waals surface area contributed by atoms with E-state index in [1.54, 1.807) is 0 Å². The van der Waals surface area contributed by atoms with Gasteiger partial charge in [0.05, 0.1) is 0 Å². The van der Waals surface area contributed by atoms with Crippen LogP contribution in [0.2, 0.25) is 5.15 Å². The Morgan fingerprint density at radius 3 is 2.33 bits per heavy atom. The van der Waals surface area contributed by atoms with Crippen molar-refractivity contribution >= 4 is 34.3 Å². The van der Waals surface area contributed by atoms with Crippen molar-refractivity contribution in [3.05, 3.63) is 29.2 Å². The molecule has 0 unspecified atom stereocenters. The number of fused-ring (bicyclic) bond motifs is 1. The fraction of sp³-hybridized carbons (Fsp3) is 0.609. The second-order valence-electron chi connectivity index (χ2n) is 9.84. The summed E-state index contributed by atoms with van der Waals surface area (Å²) in [5.41, 5.74) is 0.772. The van der Waals surface area contributed by atoms with Gasteiger partial charge in [0.2, 0.25) is 0 Å². The number of piperidine rings is 1. The Balaban J connectivity index is 1.58. The van der Waals surface area contributed by atoms with E-state index < -0.39 is 5.60 Å². The average molecular weight is 431 g/mol. The van der Waals surface area contributed by atoms with Crippen LogP contribution in [0.4, 0.5) is 10.6 Å². The van der Waals surface area contributed by atoms with Gasteiger partial charge < -0.3 is 14.5 Å². The minimum absolute atomic E-state index is 0.0530. The Morgan fingerprint density at radius 2 is 1.77 bits per heavy atom. The molecule has 0 aromatic carbocycles. The third-order valence-electron chi connectivity index (χ3n) is 6.35. The Kier molecular flexibility index (Phi) is 5.33. The van der Waals surface area contributed by atoms with Gasteiger partial charge in [-0.2, -0.15) is 0 Å². The summed E-state index contributed by atoms with van der Waals surface area (Å²) < 4.78 is 5.55. The summed E-state index contributed by atoms with van der Waals surface area (Å²) in [5, 5.41) is 2.69. The van der Waals surface area contributed by atoms with Crippen molar-refractivity contribution in [1.82, 2.24) is 14.9 Å². The van der Waals surface area contributed by atoms with E-state index in [4.69, 9.17) is 21.3 Å². The summed E-state index contributed by atoms with van der Waals surface area (Å²) in [5.74, 6) is 1.34. The number of nitrogens with zero attached hydrogens (tertiary/aromatic N) is 4. The summed E-state index contributed by atoms with van der Waals surface area (Å²) in [6.07, 6.45) is 6.58. The van der Waals surface area contributed by atoms with Gasteiger partial charge in [-0.3, -0.25) is 0 Å². The molecule has 6 nitrogen and oxygen atoms in total. The van der Waals surface area contributed by atoms with E-state index in [9.17, 15) is 4.79 Å². The van der Waals surface area contributed by atoms with Gasteiger partial charge in [-0.1, -0.05) is 25.4 Å². The molecule has 4 rings (SSSR count). The van der Waals surface area contributed by atoms with Crippen LogP contribution < -0.4 is 4.90 Å². The summed E-state index contributed by atoms with van der Waals surface area (Å²) in [4.78, 5) is 25.9. The lowest BCUT2D eigenvalue weighted by Gasteiger charge is -2.57. The van der Waals surface area contributed by atoms with E-state index in [0.717, 1.165) is 42.4 Å². The number of ether oxygens (including phenoxy) is 1. The molecule has 2 fully saturated rings. The molecular weight excluding hydrogens is 400 g/mol. The molecule has 0 saturated carbocycles. The molecule has 7 heteroatoms. The predicted molar refractivity (Wildman–Crippen MR) is 120 cm³/mol. The largest absolute Gasteiger partial charge is 0.444 e. The number of pyridine rings is 2. The van der Waals surface area contributed by atoms with Gasteiger partial charge in [0.1, 0.15) is 16.6 Å². The Hall–Kier alpha value is -2.08. The van der Waals surface area contributed by atoms with Crippen molar-refractivity contribution in [2.75, 3.05) is 24.5 Å². The number of aromatic nitrogens is 2. The lowest BCUT2D eigenvalue weighted by atomic mass is 9.76. The molecule has 0 radical (unpaired) electrons. The highest BCUT2D eigenvalue weighted by atomic mass is 35.5. The van der Waals surface area contributed by atoms with Crippen LogP contribution in [-0.2, 0) is 4.74 Å². The lowest BCUT2D eigenvalue weighted by Crippen LogP contribution is -2.65. The van der Waals surface area contributed by atoms with Crippen LogP contribution in [0.15, 0.2) is 18.5 Å². The van der Waals surface area contributed by atoms with Crippen molar-refractivity contribution in [3.8, 4) is 0 Å². The zero-order valence-electron chi connectivity index (χ0n) is 18.5. The van der Waals surface area contributed by atoms with Crippen LogP contribution in [-0.4, -0.2) is 51.7 Å². The number of carbonyl (C=O) groups excluding carboxylic acids is 1. The molecule has 0 bridgehead atoms. The van der Waals surface area contributed by atoms with Gasteiger partial charge in [-0.15, -0.1) is 0 Å². The van der Waals surface area contributed by atoms with Crippen LogP contribution >= 0.6 is 11.6 Å². The Labute approximate surface area is 183 Å². The third kappa shape index (κ3) is 3.82. The highest BCUT2D eigenvalue weighted by Gasteiger charge is 2.48. The number of hydrogen-bond acceptors (Lipinski definition) is 5. The fourth-order valence-electron chi connectivity index (χ4n) is 4.61. The minimum atomic E-state index is -0.468. The first-order valence-electron chi connectivity index (χ1n) is 10.8. The number of halogens is 1. The van der Waals surface area contributed by atoms with Gasteiger partial charge in [-0.25, -0.2) is 14.8 Å². The third-order valence-corrected chi connectivity index (χ3v) is 6.55. The molecule has 2 saturated heterocycles. The van der Waals surface area contributed by atoms with Crippen LogP contribution in [0.3, 0.4) is 0 Å². The van der Waals surface area contributed by atoms with Crippen LogP contribution in [0.1, 0.15) is 65.4 Å². The van der Waals surface area contributed by atoms with Crippen molar-refractivity contribution in [2.24, 2.45) is 0 Å². The molecule has 0 aliphatic carbocycles. The zero-order valence-corrected chi connectivity index (χ0v) is 19.3. The van der Waals surface area contributed by atoms with Crippen LogP contribution in [0.5, 0.6) is 0 Å². The van der Waals surface area contributed by atoms with E-state index >= 15 is 0 Å². The second kappa shape index (κ2) is 7.56. The first kappa shape index (κ1) is 21.2. The maximum absolute atomic E-state index is 12.4. The number of carbonyl (C=O) groups is 1.